The Morgan fingerprint density at radius 1 is 1.18 bits per heavy atom. The first-order valence-corrected chi connectivity index (χ1v) is 5.08. The highest BCUT2D eigenvalue weighted by Gasteiger charge is 2.06. The molecule has 2 aromatic heterocycles. The number of halogens is 1. The highest BCUT2D eigenvalue weighted by molar-refractivity contribution is 5.82. The molecule has 0 fully saturated rings. The Hall–Kier alpha value is -2.43. The number of aromatic amines is 1. The van der Waals surface area contributed by atoms with Gasteiger partial charge in [0.15, 0.2) is 0 Å². The zero-order chi connectivity index (χ0) is 11.8. The molecule has 0 spiro atoms. The molecule has 0 radical (unpaired) electrons. The fourth-order valence-electron chi connectivity index (χ4n) is 1.71. The molecule has 5 heteroatoms. The Balaban J connectivity index is 2.18. The quantitative estimate of drug-likeness (QED) is 0.628. The molecule has 3 N–H and O–H groups in total. The lowest BCUT2D eigenvalue weighted by atomic mass is 10.3. The zero-order valence-corrected chi connectivity index (χ0v) is 8.81. The number of hydrogen-bond donors (Lipinski definition) is 2. The molecule has 1 aromatic carbocycles. The number of H-pyrrole nitrogens is 1. The molecular formula is C12H9FN4. The number of benzene rings is 1. The third kappa shape index (κ3) is 1.71. The molecule has 3 aromatic rings. The second kappa shape index (κ2) is 3.55. The number of nitrogens with two attached hydrogens (primary N) is 1. The molecule has 0 aliphatic carbocycles. The number of fused-ring (bicyclic) bond motifs is 1. The van der Waals surface area contributed by atoms with Crippen molar-refractivity contribution in [3.05, 3.63) is 42.5 Å². The van der Waals surface area contributed by atoms with E-state index in [4.69, 9.17) is 5.73 Å². The molecule has 0 aliphatic heterocycles. The Labute approximate surface area is 96.3 Å². The van der Waals surface area contributed by atoms with Crippen LogP contribution in [-0.2, 0) is 0 Å². The highest BCUT2D eigenvalue weighted by Crippen LogP contribution is 2.21. The number of pyridine rings is 1. The molecule has 0 bridgehead atoms. The van der Waals surface area contributed by atoms with Gasteiger partial charge in [0.2, 0.25) is 0 Å². The summed E-state index contributed by atoms with van der Waals surface area (Å²) in [5, 5.41) is 0. The van der Waals surface area contributed by atoms with Crippen LogP contribution in [0.3, 0.4) is 0 Å². The summed E-state index contributed by atoms with van der Waals surface area (Å²) in [6.07, 6.45) is 2.72. The minimum Gasteiger partial charge on any atom is -0.399 e. The van der Waals surface area contributed by atoms with Crippen LogP contribution in [0.15, 0.2) is 36.7 Å². The van der Waals surface area contributed by atoms with E-state index in [9.17, 15) is 4.39 Å². The number of aromatic nitrogens is 3. The summed E-state index contributed by atoms with van der Waals surface area (Å²) >= 11 is 0. The summed E-state index contributed by atoms with van der Waals surface area (Å²) in [6.45, 7) is 0. The van der Waals surface area contributed by atoms with Crippen molar-refractivity contribution >= 4 is 16.7 Å². The monoisotopic (exact) mass is 228 g/mol. The van der Waals surface area contributed by atoms with Crippen LogP contribution in [0.25, 0.3) is 22.4 Å². The first kappa shape index (κ1) is 9.77. The van der Waals surface area contributed by atoms with Gasteiger partial charge in [0.25, 0.3) is 0 Å². The van der Waals surface area contributed by atoms with Crippen molar-refractivity contribution in [2.24, 2.45) is 0 Å². The Morgan fingerprint density at radius 2 is 2.06 bits per heavy atom. The number of nitrogens with one attached hydrogen (secondary N) is 1. The maximum atomic E-state index is 13.0. The molecule has 0 atom stereocenters. The second-order valence-corrected chi connectivity index (χ2v) is 3.75. The average molecular weight is 228 g/mol. The fourth-order valence-corrected chi connectivity index (χ4v) is 1.71. The molecule has 3 rings (SSSR count). The first-order chi connectivity index (χ1) is 8.22. The lowest BCUT2D eigenvalue weighted by molar-refractivity contribution is 0.622. The normalized spacial score (nSPS) is 10.9. The topological polar surface area (TPSA) is 67.6 Å². The third-order valence-corrected chi connectivity index (χ3v) is 2.48. The van der Waals surface area contributed by atoms with Crippen LogP contribution in [0.4, 0.5) is 10.1 Å². The lowest BCUT2D eigenvalue weighted by Gasteiger charge is -1.94. The minimum atomic E-state index is -0.387. The largest absolute Gasteiger partial charge is 0.399 e. The van der Waals surface area contributed by atoms with Crippen molar-refractivity contribution in [1.29, 1.82) is 0 Å². The van der Waals surface area contributed by atoms with Gasteiger partial charge < -0.3 is 10.7 Å². The fraction of sp³-hybridized carbons (Fsp3) is 0. The van der Waals surface area contributed by atoms with Crippen molar-refractivity contribution in [3.8, 4) is 11.4 Å². The summed E-state index contributed by atoms with van der Waals surface area (Å²) in [5.41, 5.74) is 8.56. The molecule has 84 valence electrons. The van der Waals surface area contributed by atoms with E-state index >= 15 is 0 Å². The summed E-state index contributed by atoms with van der Waals surface area (Å²) < 4.78 is 13.0. The standard InChI is InChI=1S/C12H9FN4/c13-8-3-7(5-15-6-8)12-16-10-2-1-9(14)4-11(10)17-12/h1-6H,14H2,(H,16,17). The van der Waals surface area contributed by atoms with E-state index in [0.717, 1.165) is 17.2 Å². The van der Waals surface area contributed by atoms with Gasteiger partial charge in [-0.15, -0.1) is 0 Å². The second-order valence-electron chi connectivity index (χ2n) is 3.75. The predicted octanol–water partition coefficient (Wildman–Crippen LogP) is 2.35. The van der Waals surface area contributed by atoms with Crippen LogP contribution in [0.1, 0.15) is 0 Å². The Morgan fingerprint density at radius 3 is 2.88 bits per heavy atom. The van der Waals surface area contributed by atoms with Gasteiger partial charge in [-0.1, -0.05) is 0 Å². The maximum Gasteiger partial charge on any atom is 0.142 e. The van der Waals surface area contributed by atoms with E-state index in [2.05, 4.69) is 15.0 Å². The average Bonchev–Trinajstić information content (AvgIpc) is 2.72. The molecule has 4 nitrogen and oxygen atoms in total. The van der Waals surface area contributed by atoms with Gasteiger partial charge in [0.1, 0.15) is 11.6 Å². The van der Waals surface area contributed by atoms with Crippen LogP contribution in [0.5, 0.6) is 0 Å². The maximum absolute atomic E-state index is 13.0. The molecule has 0 aliphatic rings. The van der Waals surface area contributed by atoms with E-state index in [1.807, 2.05) is 6.07 Å². The van der Waals surface area contributed by atoms with Crippen molar-refractivity contribution in [1.82, 2.24) is 15.0 Å². The van der Waals surface area contributed by atoms with Gasteiger partial charge in [-0.25, -0.2) is 9.37 Å². The summed E-state index contributed by atoms with van der Waals surface area (Å²) in [5.74, 6) is 0.195. The molecule has 0 amide bonds. The zero-order valence-electron chi connectivity index (χ0n) is 8.81. The van der Waals surface area contributed by atoms with Crippen LogP contribution >= 0.6 is 0 Å². The van der Waals surface area contributed by atoms with Gasteiger partial charge in [0.05, 0.1) is 17.2 Å². The van der Waals surface area contributed by atoms with E-state index in [-0.39, 0.29) is 5.82 Å². The molecular weight excluding hydrogens is 219 g/mol. The van der Waals surface area contributed by atoms with Crippen LogP contribution in [-0.4, -0.2) is 15.0 Å². The smallest absolute Gasteiger partial charge is 0.142 e. The lowest BCUT2D eigenvalue weighted by Crippen LogP contribution is -1.84. The van der Waals surface area contributed by atoms with Crippen molar-refractivity contribution in [2.75, 3.05) is 5.73 Å². The number of nitrogens with zero attached hydrogens (tertiary/aromatic N) is 2. The van der Waals surface area contributed by atoms with E-state index < -0.39 is 0 Å². The molecule has 0 saturated carbocycles. The van der Waals surface area contributed by atoms with E-state index in [0.29, 0.717) is 17.1 Å². The van der Waals surface area contributed by atoms with Crippen molar-refractivity contribution in [2.45, 2.75) is 0 Å². The van der Waals surface area contributed by atoms with Crippen molar-refractivity contribution in [3.63, 3.8) is 0 Å². The summed E-state index contributed by atoms with van der Waals surface area (Å²) in [7, 11) is 0. The summed E-state index contributed by atoms with van der Waals surface area (Å²) in [6, 6.07) is 6.76. The number of rotatable bonds is 1. The number of nitrogen functional groups attached to an aromatic ring is 1. The Bertz CT molecular complexity index is 690. The third-order valence-electron chi connectivity index (χ3n) is 2.48. The van der Waals surface area contributed by atoms with E-state index in [1.165, 1.54) is 6.07 Å². The number of hydrogen-bond acceptors (Lipinski definition) is 3. The van der Waals surface area contributed by atoms with Crippen LogP contribution in [0, 0.1) is 5.82 Å². The Kier molecular flexibility index (Phi) is 2.04. The van der Waals surface area contributed by atoms with Gasteiger partial charge in [0, 0.05) is 17.4 Å². The predicted molar refractivity (Wildman–Crippen MR) is 63.7 cm³/mol. The molecule has 0 saturated heterocycles. The minimum absolute atomic E-state index is 0.387. The first-order valence-electron chi connectivity index (χ1n) is 5.08. The summed E-state index contributed by atoms with van der Waals surface area (Å²) in [4.78, 5) is 11.2. The van der Waals surface area contributed by atoms with Gasteiger partial charge >= 0.3 is 0 Å². The van der Waals surface area contributed by atoms with Gasteiger partial charge in [-0.05, 0) is 24.3 Å². The number of imidazole rings is 1. The SMILES string of the molecule is Nc1ccc2nc(-c3cncc(F)c3)[nH]c2c1. The highest BCUT2D eigenvalue weighted by atomic mass is 19.1. The van der Waals surface area contributed by atoms with Crippen LogP contribution in [0.2, 0.25) is 0 Å². The van der Waals surface area contributed by atoms with Gasteiger partial charge in [-0.2, -0.15) is 0 Å². The molecule has 17 heavy (non-hydrogen) atoms. The number of anilines is 1. The van der Waals surface area contributed by atoms with Crippen molar-refractivity contribution < 1.29 is 4.39 Å². The molecule has 0 unspecified atom stereocenters. The van der Waals surface area contributed by atoms with Gasteiger partial charge in [-0.3, -0.25) is 4.98 Å². The van der Waals surface area contributed by atoms with Crippen LogP contribution < -0.4 is 5.73 Å². The molecule has 2 heterocycles. The van der Waals surface area contributed by atoms with E-state index in [1.54, 1.807) is 18.3 Å².